The first-order valence-electron chi connectivity index (χ1n) is 8.81. The number of methoxy groups -OCH3 is 1. The Bertz CT molecular complexity index is 862. The minimum atomic E-state index is -3.49. The molecule has 0 atom stereocenters. The van der Waals surface area contributed by atoms with Crippen LogP contribution in [0, 0.1) is 0 Å². The van der Waals surface area contributed by atoms with E-state index in [0.29, 0.717) is 19.4 Å². The summed E-state index contributed by atoms with van der Waals surface area (Å²) in [5, 5.41) is 2.88. The van der Waals surface area contributed by atoms with E-state index in [1.54, 1.807) is 45.2 Å². The molecule has 7 heteroatoms. The molecule has 146 valence electrons. The molecule has 0 aromatic heterocycles. The number of aryl methyl sites for hydroxylation is 1. The number of carbonyl (C=O) groups excluding carboxylic acids is 1. The summed E-state index contributed by atoms with van der Waals surface area (Å²) in [6.45, 7) is 3.95. The van der Waals surface area contributed by atoms with Gasteiger partial charge >= 0.3 is 0 Å². The van der Waals surface area contributed by atoms with E-state index in [1.165, 1.54) is 0 Å². The highest BCUT2D eigenvalue weighted by atomic mass is 32.2. The Hall–Kier alpha value is -2.38. The van der Waals surface area contributed by atoms with Crippen molar-refractivity contribution in [2.45, 2.75) is 44.2 Å². The molecular formula is C20H26N2O4S. The van der Waals surface area contributed by atoms with E-state index in [4.69, 9.17) is 4.74 Å². The maximum Gasteiger partial charge on any atom is 0.240 e. The second kappa shape index (κ2) is 9.53. The third-order valence-electron chi connectivity index (χ3n) is 3.93. The van der Waals surface area contributed by atoms with Gasteiger partial charge in [0.15, 0.2) is 0 Å². The Balaban J connectivity index is 1.86. The van der Waals surface area contributed by atoms with Crippen LogP contribution in [-0.4, -0.2) is 27.5 Å². The quantitative estimate of drug-likeness (QED) is 0.689. The number of rotatable bonds is 9. The van der Waals surface area contributed by atoms with E-state index in [1.807, 2.05) is 24.3 Å². The summed E-state index contributed by atoms with van der Waals surface area (Å²) in [5.74, 6) is 0.670. The molecular weight excluding hydrogens is 364 g/mol. The number of nitrogens with one attached hydrogen (secondary N) is 2. The smallest absolute Gasteiger partial charge is 0.240 e. The van der Waals surface area contributed by atoms with Crippen LogP contribution >= 0.6 is 0 Å². The third-order valence-corrected chi connectivity index (χ3v) is 5.61. The molecule has 2 aromatic rings. The molecule has 2 rings (SSSR count). The SMILES string of the molecule is COc1ccccc1CNC(=O)CCc1ccc(S(=O)(=O)NC(C)C)cc1. The molecule has 27 heavy (non-hydrogen) atoms. The number of carbonyl (C=O) groups is 1. The van der Waals surface area contributed by atoms with Crippen LogP contribution in [0.4, 0.5) is 0 Å². The minimum Gasteiger partial charge on any atom is -0.496 e. The molecule has 0 fully saturated rings. The number of hydrogen-bond donors (Lipinski definition) is 2. The van der Waals surface area contributed by atoms with Crippen molar-refractivity contribution in [1.82, 2.24) is 10.0 Å². The number of sulfonamides is 1. The van der Waals surface area contributed by atoms with Crippen molar-refractivity contribution >= 4 is 15.9 Å². The number of para-hydroxylation sites is 1. The number of benzene rings is 2. The van der Waals surface area contributed by atoms with Crippen molar-refractivity contribution in [2.75, 3.05) is 7.11 Å². The zero-order valence-electron chi connectivity index (χ0n) is 15.9. The van der Waals surface area contributed by atoms with Gasteiger partial charge in [-0.2, -0.15) is 0 Å². The minimum absolute atomic E-state index is 0.0703. The highest BCUT2D eigenvalue weighted by Crippen LogP contribution is 2.17. The molecule has 1 amide bonds. The van der Waals surface area contributed by atoms with Crippen LogP contribution in [0.2, 0.25) is 0 Å². The molecule has 0 unspecified atom stereocenters. The first-order chi connectivity index (χ1) is 12.8. The molecule has 0 radical (unpaired) electrons. The van der Waals surface area contributed by atoms with Crippen LogP contribution in [0.25, 0.3) is 0 Å². The number of ether oxygens (including phenoxy) is 1. The lowest BCUT2D eigenvalue weighted by Crippen LogP contribution is -2.30. The van der Waals surface area contributed by atoms with Crippen molar-refractivity contribution in [2.24, 2.45) is 0 Å². The molecule has 6 nitrogen and oxygen atoms in total. The average Bonchev–Trinajstić information content (AvgIpc) is 2.64. The Morgan fingerprint density at radius 1 is 1.07 bits per heavy atom. The number of amides is 1. The molecule has 0 bridgehead atoms. The van der Waals surface area contributed by atoms with Gasteiger partial charge in [0.2, 0.25) is 15.9 Å². The van der Waals surface area contributed by atoms with Crippen LogP contribution in [0.1, 0.15) is 31.4 Å². The molecule has 0 aliphatic carbocycles. The molecule has 0 spiro atoms. The maximum absolute atomic E-state index is 12.1. The summed E-state index contributed by atoms with van der Waals surface area (Å²) in [6, 6.07) is 14.0. The van der Waals surface area contributed by atoms with Crippen LogP contribution in [0.3, 0.4) is 0 Å². The molecule has 0 saturated heterocycles. The largest absolute Gasteiger partial charge is 0.496 e. The van der Waals surface area contributed by atoms with Crippen LogP contribution in [-0.2, 0) is 27.8 Å². The highest BCUT2D eigenvalue weighted by molar-refractivity contribution is 7.89. The van der Waals surface area contributed by atoms with Gasteiger partial charge in [-0.3, -0.25) is 4.79 Å². The Labute approximate surface area is 161 Å². The molecule has 0 aliphatic rings. The van der Waals surface area contributed by atoms with E-state index < -0.39 is 10.0 Å². The van der Waals surface area contributed by atoms with Gasteiger partial charge in [0.25, 0.3) is 0 Å². The Morgan fingerprint density at radius 2 is 1.74 bits per heavy atom. The summed E-state index contributed by atoms with van der Waals surface area (Å²) in [4.78, 5) is 12.3. The second-order valence-electron chi connectivity index (χ2n) is 6.51. The van der Waals surface area contributed by atoms with Crippen molar-refractivity contribution < 1.29 is 17.9 Å². The Morgan fingerprint density at radius 3 is 2.37 bits per heavy atom. The first kappa shape index (κ1) is 20.9. The molecule has 2 N–H and O–H groups in total. The molecule has 2 aromatic carbocycles. The monoisotopic (exact) mass is 390 g/mol. The van der Waals surface area contributed by atoms with E-state index in [2.05, 4.69) is 10.0 Å². The normalized spacial score (nSPS) is 11.4. The van der Waals surface area contributed by atoms with Gasteiger partial charge in [-0.15, -0.1) is 0 Å². The van der Waals surface area contributed by atoms with Crippen LogP contribution in [0.5, 0.6) is 5.75 Å². The Kier molecular flexibility index (Phi) is 7.38. The van der Waals surface area contributed by atoms with Crippen LogP contribution in [0.15, 0.2) is 53.4 Å². The standard InChI is InChI=1S/C20H26N2O4S/c1-15(2)22-27(24,25)18-11-8-16(9-12-18)10-13-20(23)21-14-17-6-4-5-7-19(17)26-3/h4-9,11-12,15,22H,10,13-14H2,1-3H3,(H,21,23). The lowest BCUT2D eigenvalue weighted by molar-refractivity contribution is -0.121. The second-order valence-corrected chi connectivity index (χ2v) is 8.22. The maximum atomic E-state index is 12.1. The van der Waals surface area contributed by atoms with Gasteiger partial charge in [0, 0.05) is 24.6 Å². The summed E-state index contributed by atoms with van der Waals surface area (Å²) in [5.41, 5.74) is 1.83. The summed E-state index contributed by atoms with van der Waals surface area (Å²) < 4.78 is 32.0. The van der Waals surface area contributed by atoms with Crippen molar-refractivity contribution in [3.8, 4) is 5.75 Å². The summed E-state index contributed by atoms with van der Waals surface area (Å²) in [6.07, 6.45) is 0.862. The van der Waals surface area contributed by atoms with Crippen molar-refractivity contribution in [3.63, 3.8) is 0 Å². The van der Waals surface area contributed by atoms with Crippen molar-refractivity contribution in [1.29, 1.82) is 0 Å². The zero-order chi connectivity index (χ0) is 19.9. The summed E-state index contributed by atoms with van der Waals surface area (Å²) in [7, 11) is -1.90. The van der Waals surface area contributed by atoms with E-state index in [-0.39, 0.29) is 16.8 Å². The first-order valence-corrected chi connectivity index (χ1v) is 10.3. The van der Waals surface area contributed by atoms with Gasteiger partial charge in [-0.05, 0) is 44.0 Å². The number of hydrogen-bond acceptors (Lipinski definition) is 4. The topological polar surface area (TPSA) is 84.5 Å². The predicted octanol–water partition coefficient (Wildman–Crippen LogP) is 2.63. The van der Waals surface area contributed by atoms with Crippen molar-refractivity contribution in [3.05, 3.63) is 59.7 Å². The van der Waals surface area contributed by atoms with Gasteiger partial charge in [0.1, 0.15) is 5.75 Å². The van der Waals surface area contributed by atoms with E-state index in [9.17, 15) is 13.2 Å². The van der Waals surface area contributed by atoms with Crippen LogP contribution < -0.4 is 14.8 Å². The fraction of sp³-hybridized carbons (Fsp3) is 0.350. The third kappa shape index (κ3) is 6.37. The lowest BCUT2D eigenvalue weighted by atomic mass is 10.1. The highest BCUT2D eigenvalue weighted by Gasteiger charge is 2.15. The predicted molar refractivity (Wildman–Crippen MR) is 105 cm³/mol. The van der Waals surface area contributed by atoms with E-state index in [0.717, 1.165) is 16.9 Å². The lowest BCUT2D eigenvalue weighted by Gasteiger charge is -2.11. The van der Waals surface area contributed by atoms with Gasteiger partial charge < -0.3 is 10.1 Å². The van der Waals surface area contributed by atoms with Gasteiger partial charge in [0.05, 0.1) is 12.0 Å². The van der Waals surface area contributed by atoms with Gasteiger partial charge in [-0.25, -0.2) is 13.1 Å². The average molecular weight is 391 g/mol. The molecule has 0 aliphatic heterocycles. The van der Waals surface area contributed by atoms with Gasteiger partial charge in [-0.1, -0.05) is 30.3 Å². The fourth-order valence-corrected chi connectivity index (χ4v) is 3.85. The van der Waals surface area contributed by atoms with E-state index >= 15 is 0 Å². The molecule has 0 saturated carbocycles. The fourth-order valence-electron chi connectivity index (χ4n) is 2.60. The zero-order valence-corrected chi connectivity index (χ0v) is 16.7. The summed E-state index contributed by atoms with van der Waals surface area (Å²) >= 11 is 0. The molecule has 0 heterocycles.